The van der Waals surface area contributed by atoms with E-state index in [-0.39, 0.29) is 18.6 Å². The van der Waals surface area contributed by atoms with Gasteiger partial charge in [-0.2, -0.15) is 0 Å². The lowest BCUT2D eigenvalue weighted by molar-refractivity contribution is -0.134. The minimum atomic E-state index is -0.456. The highest BCUT2D eigenvalue weighted by Crippen LogP contribution is 2.18. The van der Waals surface area contributed by atoms with Gasteiger partial charge in [-0.3, -0.25) is 4.79 Å². The van der Waals surface area contributed by atoms with Crippen LogP contribution in [-0.2, 0) is 9.53 Å². The molecular weight excluding hydrogens is 208 g/mol. The maximum atomic E-state index is 12.0. The molecule has 1 fully saturated rings. The Hall–Kier alpha value is -0.650. The second kappa shape index (κ2) is 6.83. The molecule has 1 amide bonds. The second-order valence-corrected chi connectivity index (χ2v) is 4.25. The number of methoxy groups -OCH3 is 1. The fraction of sp³-hybridized carbons (Fsp3) is 0.909. The van der Waals surface area contributed by atoms with E-state index in [0.717, 1.165) is 25.8 Å². The standard InChI is InChI=1S/C11H22N2O3/c1-16-7-3-5-10(12)11(15)13-6-2-4-9(13)8-14/h9-10,14H,2-8,12H2,1H3/t9-,10?/m1/s1. The number of carbonyl (C=O) groups excluding carboxylic acids is 1. The topological polar surface area (TPSA) is 75.8 Å². The molecule has 1 aliphatic rings. The first kappa shape index (κ1) is 13.4. The summed E-state index contributed by atoms with van der Waals surface area (Å²) in [5.74, 6) is -0.0346. The van der Waals surface area contributed by atoms with Gasteiger partial charge in [-0.25, -0.2) is 0 Å². The second-order valence-electron chi connectivity index (χ2n) is 4.25. The van der Waals surface area contributed by atoms with Crippen molar-refractivity contribution in [3.63, 3.8) is 0 Å². The molecule has 16 heavy (non-hydrogen) atoms. The van der Waals surface area contributed by atoms with Crippen LogP contribution in [0.15, 0.2) is 0 Å². The molecule has 1 unspecified atom stereocenters. The van der Waals surface area contributed by atoms with Crippen LogP contribution in [0.25, 0.3) is 0 Å². The Labute approximate surface area is 96.6 Å². The Bertz CT molecular complexity index is 223. The number of nitrogens with two attached hydrogens (primary N) is 1. The number of hydrogen-bond acceptors (Lipinski definition) is 4. The van der Waals surface area contributed by atoms with Crippen molar-refractivity contribution < 1.29 is 14.6 Å². The van der Waals surface area contributed by atoms with Crippen molar-refractivity contribution in [2.75, 3.05) is 26.9 Å². The summed E-state index contributed by atoms with van der Waals surface area (Å²) in [4.78, 5) is 13.7. The smallest absolute Gasteiger partial charge is 0.239 e. The molecule has 1 rings (SSSR count). The normalized spacial score (nSPS) is 22.4. The lowest BCUT2D eigenvalue weighted by Gasteiger charge is -2.26. The van der Waals surface area contributed by atoms with Gasteiger partial charge in [0, 0.05) is 20.3 Å². The highest BCUT2D eigenvalue weighted by molar-refractivity contribution is 5.82. The number of likely N-dealkylation sites (tertiary alicyclic amines) is 1. The van der Waals surface area contributed by atoms with Gasteiger partial charge in [-0.1, -0.05) is 0 Å². The molecule has 0 radical (unpaired) electrons. The molecule has 2 atom stereocenters. The summed E-state index contributed by atoms with van der Waals surface area (Å²) in [5, 5.41) is 9.13. The van der Waals surface area contributed by atoms with Gasteiger partial charge in [-0.05, 0) is 25.7 Å². The van der Waals surface area contributed by atoms with Gasteiger partial charge in [0.25, 0.3) is 0 Å². The number of ether oxygens (including phenoxy) is 1. The van der Waals surface area contributed by atoms with Crippen molar-refractivity contribution in [3.05, 3.63) is 0 Å². The summed E-state index contributed by atoms with van der Waals surface area (Å²) in [5.41, 5.74) is 5.83. The molecule has 5 heteroatoms. The van der Waals surface area contributed by atoms with Crippen LogP contribution in [-0.4, -0.2) is 54.9 Å². The Kier molecular flexibility index (Phi) is 5.73. The van der Waals surface area contributed by atoms with E-state index in [1.165, 1.54) is 0 Å². The average molecular weight is 230 g/mol. The van der Waals surface area contributed by atoms with E-state index in [0.29, 0.717) is 13.0 Å². The Balaban J connectivity index is 2.37. The van der Waals surface area contributed by atoms with E-state index in [1.54, 1.807) is 12.0 Å². The highest BCUT2D eigenvalue weighted by atomic mass is 16.5. The van der Waals surface area contributed by atoms with Crippen LogP contribution in [0.5, 0.6) is 0 Å². The molecule has 0 spiro atoms. The molecule has 0 aromatic rings. The van der Waals surface area contributed by atoms with Crippen molar-refractivity contribution >= 4 is 5.91 Å². The maximum absolute atomic E-state index is 12.0. The van der Waals surface area contributed by atoms with Gasteiger partial charge in [0.2, 0.25) is 5.91 Å². The minimum absolute atomic E-state index is 0.0269. The molecular formula is C11H22N2O3. The zero-order valence-electron chi connectivity index (χ0n) is 9.89. The molecule has 0 aliphatic carbocycles. The molecule has 0 bridgehead atoms. The van der Waals surface area contributed by atoms with Crippen LogP contribution in [0.4, 0.5) is 0 Å². The summed E-state index contributed by atoms with van der Waals surface area (Å²) in [6, 6.07) is -0.483. The summed E-state index contributed by atoms with van der Waals surface area (Å²) < 4.78 is 4.92. The zero-order valence-corrected chi connectivity index (χ0v) is 9.89. The van der Waals surface area contributed by atoms with E-state index < -0.39 is 6.04 Å². The number of hydrogen-bond donors (Lipinski definition) is 2. The number of rotatable bonds is 6. The van der Waals surface area contributed by atoms with Crippen molar-refractivity contribution in [3.8, 4) is 0 Å². The summed E-state index contributed by atoms with van der Waals surface area (Å²) in [6.07, 6.45) is 3.27. The Morgan fingerprint density at radius 1 is 1.69 bits per heavy atom. The first-order chi connectivity index (χ1) is 7.70. The molecule has 0 saturated carbocycles. The van der Waals surface area contributed by atoms with Crippen LogP contribution in [0.2, 0.25) is 0 Å². The number of carbonyl (C=O) groups is 1. The Morgan fingerprint density at radius 2 is 2.44 bits per heavy atom. The summed E-state index contributed by atoms with van der Waals surface area (Å²) in [7, 11) is 1.63. The zero-order chi connectivity index (χ0) is 12.0. The predicted octanol–water partition coefficient (Wildman–Crippen LogP) is -0.276. The van der Waals surface area contributed by atoms with E-state index in [9.17, 15) is 4.79 Å². The third-order valence-electron chi connectivity index (χ3n) is 3.05. The number of amides is 1. The SMILES string of the molecule is COCCCC(N)C(=O)N1CCC[C@@H]1CO. The fourth-order valence-electron chi connectivity index (χ4n) is 2.10. The van der Waals surface area contributed by atoms with E-state index in [2.05, 4.69) is 0 Å². The fourth-order valence-corrected chi connectivity index (χ4v) is 2.10. The first-order valence-electron chi connectivity index (χ1n) is 5.86. The summed E-state index contributed by atoms with van der Waals surface area (Å²) in [6.45, 7) is 1.39. The van der Waals surface area contributed by atoms with Gasteiger partial charge in [0.1, 0.15) is 0 Å². The van der Waals surface area contributed by atoms with Crippen molar-refractivity contribution in [1.82, 2.24) is 4.90 Å². The van der Waals surface area contributed by atoms with Gasteiger partial charge >= 0.3 is 0 Å². The van der Waals surface area contributed by atoms with E-state index in [4.69, 9.17) is 15.6 Å². The number of aliphatic hydroxyl groups is 1. The Morgan fingerprint density at radius 3 is 3.06 bits per heavy atom. The van der Waals surface area contributed by atoms with E-state index in [1.807, 2.05) is 0 Å². The molecule has 3 N–H and O–H groups in total. The largest absolute Gasteiger partial charge is 0.394 e. The highest BCUT2D eigenvalue weighted by Gasteiger charge is 2.30. The van der Waals surface area contributed by atoms with Gasteiger partial charge < -0.3 is 20.5 Å². The van der Waals surface area contributed by atoms with Gasteiger partial charge in [-0.15, -0.1) is 0 Å². The predicted molar refractivity (Wildman–Crippen MR) is 60.9 cm³/mol. The third-order valence-corrected chi connectivity index (χ3v) is 3.05. The quantitative estimate of drug-likeness (QED) is 0.616. The van der Waals surface area contributed by atoms with Crippen LogP contribution in [0.3, 0.4) is 0 Å². The molecule has 0 aromatic heterocycles. The average Bonchev–Trinajstić information content (AvgIpc) is 2.76. The lowest BCUT2D eigenvalue weighted by Crippen LogP contribution is -2.47. The summed E-state index contributed by atoms with van der Waals surface area (Å²) >= 11 is 0. The number of aliphatic hydroxyl groups excluding tert-OH is 1. The van der Waals surface area contributed by atoms with Crippen molar-refractivity contribution in [1.29, 1.82) is 0 Å². The third kappa shape index (κ3) is 3.43. The van der Waals surface area contributed by atoms with Crippen LogP contribution in [0.1, 0.15) is 25.7 Å². The monoisotopic (exact) mass is 230 g/mol. The van der Waals surface area contributed by atoms with Crippen molar-refractivity contribution in [2.24, 2.45) is 5.73 Å². The molecule has 0 aromatic carbocycles. The first-order valence-corrected chi connectivity index (χ1v) is 5.86. The van der Waals surface area contributed by atoms with E-state index >= 15 is 0 Å². The lowest BCUT2D eigenvalue weighted by atomic mass is 10.1. The number of nitrogens with zero attached hydrogens (tertiary/aromatic N) is 1. The van der Waals surface area contributed by atoms with Gasteiger partial charge in [0.05, 0.1) is 18.7 Å². The van der Waals surface area contributed by atoms with Crippen LogP contribution in [0, 0.1) is 0 Å². The van der Waals surface area contributed by atoms with Crippen molar-refractivity contribution in [2.45, 2.75) is 37.8 Å². The molecule has 1 heterocycles. The molecule has 1 aliphatic heterocycles. The minimum Gasteiger partial charge on any atom is -0.394 e. The molecule has 1 saturated heterocycles. The molecule has 94 valence electrons. The molecule has 5 nitrogen and oxygen atoms in total. The van der Waals surface area contributed by atoms with Gasteiger partial charge in [0.15, 0.2) is 0 Å². The van der Waals surface area contributed by atoms with Crippen LogP contribution >= 0.6 is 0 Å². The van der Waals surface area contributed by atoms with Crippen LogP contribution < -0.4 is 5.73 Å². The maximum Gasteiger partial charge on any atom is 0.239 e.